The van der Waals surface area contributed by atoms with E-state index < -0.39 is 0 Å². The summed E-state index contributed by atoms with van der Waals surface area (Å²) >= 11 is 0. The van der Waals surface area contributed by atoms with Crippen LogP contribution in [0.4, 0.5) is 0 Å². The number of ether oxygens (including phenoxy) is 1. The average Bonchev–Trinajstić information content (AvgIpc) is 2.56. The van der Waals surface area contributed by atoms with Gasteiger partial charge in [0, 0.05) is 11.8 Å². The first-order valence-electron chi connectivity index (χ1n) is 7.45. The van der Waals surface area contributed by atoms with Crippen molar-refractivity contribution in [3.63, 3.8) is 0 Å². The second-order valence-electron chi connectivity index (χ2n) is 5.42. The van der Waals surface area contributed by atoms with Crippen LogP contribution in [0.2, 0.25) is 0 Å². The quantitative estimate of drug-likeness (QED) is 0.525. The zero-order valence-electron chi connectivity index (χ0n) is 13.1. The largest absolute Gasteiger partial charge is 0.422 e. The number of esters is 1. The number of hydrogen-bond acceptors (Lipinski definition) is 3. The van der Waals surface area contributed by atoms with Crippen LogP contribution in [-0.4, -0.2) is 11.0 Å². The van der Waals surface area contributed by atoms with Crippen molar-refractivity contribution in [2.24, 2.45) is 0 Å². The molecule has 3 rings (SSSR count). The van der Waals surface area contributed by atoms with Crippen molar-refractivity contribution < 1.29 is 9.53 Å². The second-order valence-corrected chi connectivity index (χ2v) is 5.42. The number of rotatable bonds is 3. The van der Waals surface area contributed by atoms with Crippen LogP contribution in [0.15, 0.2) is 66.9 Å². The molecule has 0 radical (unpaired) electrons. The van der Waals surface area contributed by atoms with Crippen LogP contribution in [0.1, 0.15) is 21.5 Å². The number of benzene rings is 2. The highest BCUT2D eigenvalue weighted by Gasteiger charge is 2.15. The van der Waals surface area contributed by atoms with Gasteiger partial charge in [-0.05, 0) is 49.7 Å². The van der Waals surface area contributed by atoms with E-state index in [1.54, 1.807) is 18.3 Å². The van der Waals surface area contributed by atoms with Crippen molar-refractivity contribution in [2.75, 3.05) is 0 Å². The first-order chi connectivity index (χ1) is 11.1. The second kappa shape index (κ2) is 6.44. The Morgan fingerprint density at radius 1 is 0.957 bits per heavy atom. The Hall–Kier alpha value is -2.94. The molecule has 3 aromatic rings. The number of carbonyl (C=O) groups excluding carboxylic acids is 1. The smallest absolute Gasteiger partial charge is 0.343 e. The molecule has 0 saturated carbocycles. The average molecular weight is 303 g/mol. The summed E-state index contributed by atoms with van der Waals surface area (Å²) in [5, 5.41) is 0. The van der Waals surface area contributed by atoms with Crippen LogP contribution in [0, 0.1) is 13.8 Å². The summed E-state index contributed by atoms with van der Waals surface area (Å²) < 4.78 is 5.64. The minimum Gasteiger partial charge on any atom is -0.422 e. The van der Waals surface area contributed by atoms with Gasteiger partial charge in [-0.3, -0.25) is 4.98 Å². The lowest BCUT2D eigenvalue weighted by Gasteiger charge is -2.12. The van der Waals surface area contributed by atoms with Gasteiger partial charge in [-0.1, -0.05) is 35.9 Å². The summed E-state index contributed by atoms with van der Waals surface area (Å²) in [6.07, 6.45) is 1.73. The first-order valence-corrected chi connectivity index (χ1v) is 7.45. The Morgan fingerprint density at radius 2 is 1.78 bits per heavy atom. The molecule has 1 aromatic heterocycles. The van der Waals surface area contributed by atoms with E-state index in [4.69, 9.17) is 4.74 Å². The SMILES string of the molecule is Cc1cccc(C(=O)Oc2cccc(C)c2-c2ccccn2)c1. The molecule has 0 spiro atoms. The lowest BCUT2D eigenvalue weighted by molar-refractivity contribution is 0.0735. The van der Waals surface area contributed by atoms with Gasteiger partial charge in [0.2, 0.25) is 0 Å². The fourth-order valence-corrected chi connectivity index (χ4v) is 2.50. The molecule has 0 N–H and O–H groups in total. The Kier molecular flexibility index (Phi) is 4.20. The van der Waals surface area contributed by atoms with E-state index in [9.17, 15) is 4.79 Å². The molecule has 0 aliphatic rings. The third-order valence-electron chi connectivity index (χ3n) is 3.61. The summed E-state index contributed by atoms with van der Waals surface area (Å²) in [5.74, 6) is 0.159. The monoisotopic (exact) mass is 303 g/mol. The maximum absolute atomic E-state index is 12.4. The molecule has 3 nitrogen and oxygen atoms in total. The number of pyridine rings is 1. The van der Waals surface area contributed by atoms with Gasteiger partial charge in [-0.2, -0.15) is 0 Å². The van der Waals surface area contributed by atoms with Gasteiger partial charge >= 0.3 is 5.97 Å². The highest BCUT2D eigenvalue weighted by Crippen LogP contribution is 2.32. The van der Waals surface area contributed by atoms with Crippen LogP contribution in [0.25, 0.3) is 11.3 Å². The predicted octanol–water partition coefficient (Wildman–Crippen LogP) is 4.58. The minimum atomic E-state index is -0.364. The fraction of sp³-hybridized carbons (Fsp3) is 0.100. The topological polar surface area (TPSA) is 39.2 Å². The molecule has 0 amide bonds. The number of carbonyl (C=O) groups is 1. The number of aryl methyl sites for hydroxylation is 2. The highest BCUT2D eigenvalue weighted by atomic mass is 16.5. The maximum atomic E-state index is 12.4. The summed E-state index contributed by atoms with van der Waals surface area (Å²) in [6, 6.07) is 18.7. The lowest BCUT2D eigenvalue weighted by atomic mass is 10.0. The lowest BCUT2D eigenvalue weighted by Crippen LogP contribution is -2.09. The maximum Gasteiger partial charge on any atom is 0.343 e. The van der Waals surface area contributed by atoms with Crippen molar-refractivity contribution in [2.45, 2.75) is 13.8 Å². The molecule has 0 fully saturated rings. The van der Waals surface area contributed by atoms with E-state index >= 15 is 0 Å². The molecule has 23 heavy (non-hydrogen) atoms. The van der Waals surface area contributed by atoms with Crippen molar-refractivity contribution >= 4 is 5.97 Å². The van der Waals surface area contributed by atoms with Crippen molar-refractivity contribution in [3.8, 4) is 17.0 Å². The summed E-state index contributed by atoms with van der Waals surface area (Å²) in [5.41, 5.74) is 4.21. The Balaban J connectivity index is 1.98. The standard InChI is InChI=1S/C20H17NO2/c1-14-7-5-9-16(13-14)20(22)23-18-11-6-8-15(2)19(18)17-10-3-4-12-21-17/h3-13H,1-2H3. The van der Waals surface area contributed by atoms with E-state index in [2.05, 4.69) is 4.98 Å². The van der Waals surface area contributed by atoms with E-state index in [0.29, 0.717) is 11.3 Å². The molecular formula is C20H17NO2. The van der Waals surface area contributed by atoms with Crippen molar-refractivity contribution in [3.05, 3.63) is 83.6 Å². The third kappa shape index (κ3) is 3.29. The summed E-state index contributed by atoms with van der Waals surface area (Å²) in [6.45, 7) is 3.93. The molecule has 0 aliphatic heterocycles. The Labute approximate surface area is 135 Å². The normalized spacial score (nSPS) is 10.3. The molecule has 0 saturated heterocycles. The molecule has 2 aromatic carbocycles. The van der Waals surface area contributed by atoms with Gasteiger partial charge in [0.1, 0.15) is 5.75 Å². The third-order valence-corrected chi connectivity index (χ3v) is 3.61. The van der Waals surface area contributed by atoms with Gasteiger partial charge in [-0.25, -0.2) is 4.79 Å². The molecule has 0 unspecified atom stereocenters. The van der Waals surface area contributed by atoms with Crippen LogP contribution >= 0.6 is 0 Å². The minimum absolute atomic E-state index is 0.364. The van der Waals surface area contributed by atoms with Crippen LogP contribution in [-0.2, 0) is 0 Å². The highest BCUT2D eigenvalue weighted by molar-refractivity contribution is 5.92. The van der Waals surface area contributed by atoms with Gasteiger partial charge in [-0.15, -0.1) is 0 Å². The molecule has 3 heteroatoms. The van der Waals surface area contributed by atoms with E-state index in [1.807, 2.05) is 62.4 Å². The molecule has 114 valence electrons. The molecule has 0 aliphatic carbocycles. The van der Waals surface area contributed by atoms with Gasteiger partial charge in [0.05, 0.1) is 11.3 Å². The van der Waals surface area contributed by atoms with Gasteiger partial charge in [0.15, 0.2) is 0 Å². The molecule has 0 atom stereocenters. The summed E-state index contributed by atoms with van der Waals surface area (Å²) in [4.78, 5) is 16.8. The Morgan fingerprint density at radius 3 is 2.52 bits per heavy atom. The van der Waals surface area contributed by atoms with E-state index in [-0.39, 0.29) is 5.97 Å². The zero-order valence-corrected chi connectivity index (χ0v) is 13.1. The summed E-state index contributed by atoms with van der Waals surface area (Å²) in [7, 11) is 0. The zero-order chi connectivity index (χ0) is 16.2. The number of hydrogen-bond donors (Lipinski definition) is 0. The van der Waals surface area contributed by atoms with Gasteiger partial charge in [0.25, 0.3) is 0 Å². The predicted molar refractivity (Wildman–Crippen MR) is 90.5 cm³/mol. The Bertz CT molecular complexity index is 841. The number of aromatic nitrogens is 1. The van der Waals surface area contributed by atoms with Crippen LogP contribution in [0.3, 0.4) is 0 Å². The molecule has 1 heterocycles. The first kappa shape index (κ1) is 15.0. The molecule has 0 bridgehead atoms. The van der Waals surface area contributed by atoms with Crippen molar-refractivity contribution in [1.82, 2.24) is 4.98 Å². The van der Waals surface area contributed by atoms with Crippen molar-refractivity contribution in [1.29, 1.82) is 0 Å². The van der Waals surface area contributed by atoms with Crippen LogP contribution in [0.5, 0.6) is 5.75 Å². The van der Waals surface area contributed by atoms with Crippen LogP contribution < -0.4 is 4.74 Å². The van der Waals surface area contributed by atoms with E-state index in [1.165, 1.54) is 0 Å². The molecular weight excluding hydrogens is 286 g/mol. The van der Waals surface area contributed by atoms with E-state index in [0.717, 1.165) is 22.4 Å². The number of nitrogens with zero attached hydrogens (tertiary/aromatic N) is 1. The van der Waals surface area contributed by atoms with Gasteiger partial charge < -0.3 is 4.74 Å². The fourth-order valence-electron chi connectivity index (χ4n) is 2.50.